The van der Waals surface area contributed by atoms with Gasteiger partial charge < -0.3 is 0 Å². The molecule has 1 heterocycles. The van der Waals surface area contributed by atoms with Gasteiger partial charge in [-0.3, -0.25) is 0 Å². The quantitative estimate of drug-likeness (QED) is 0.604. The predicted molar refractivity (Wildman–Crippen MR) is 76.2 cm³/mol. The summed E-state index contributed by atoms with van der Waals surface area (Å²) in [5, 5.41) is 0.485. The Balaban J connectivity index is 2.03. The van der Waals surface area contributed by atoms with Gasteiger partial charge in [-0.2, -0.15) is 0 Å². The molecule has 1 aliphatic carbocycles. The highest BCUT2D eigenvalue weighted by Gasteiger charge is 2.26. The molecular weight excluding hydrogens is 275 g/mol. The second-order valence-electron chi connectivity index (χ2n) is 4.89. The van der Waals surface area contributed by atoms with Crippen molar-refractivity contribution in [2.75, 3.05) is 0 Å². The lowest BCUT2D eigenvalue weighted by Crippen LogP contribution is -1.89. The fraction of sp³-hybridized carbons (Fsp3) is 0. The molecule has 1 aromatic heterocycles. The van der Waals surface area contributed by atoms with E-state index in [1.165, 1.54) is 24.3 Å². The zero-order valence-corrected chi connectivity index (χ0v) is 10.7. The van der Waals surface area contributed by atoms with Gasteiger partial charge in [0.15, 0.2) is 11.7 Å². The minimum absolute atomic E-state index is 0.201. The summed E-state index contributed by atoms with van der Waals surface area (Å²) in [5.41, 5.74) is 2.09. The number of hydrogen-bond acceptors (Lipinski definition) is 1. The zero-order chi connectivity index (χ0) is 14.6. The van der Waals surface area contributed by atoms with Crippen molar-refractivity contribution in [3.8, 4) is 11.3 Å². The van der Waals surface area contributed by atoms with E-state index in [9.17, 15) is 13.2 Å². The number of hydrogen-bond donors (Lipinski definition) is 0. The lowest BCUT2D eigenvalue weighted by Gasteiger charge is -2.06. The molecule has 1 aliphatic rings. The molecule has 4 heteroatoms. The molecule has 0 radical (unpaired) electrons. The summed E-state index contributed by atoms with van der Waals surface area (Å²) in [7, 11) is 0. The standard InChI is InChI=1S/C17H8F3N/c18-10-6-4-9(5-7-10)14-8-12-15-11(16(19)17(12)20)2-1-3-13(15)21-14/h1-8H. The SMILES string of the molecule is FC1=C(F)c2cc(-c3ccc(F)cc3)nc3cccc1c23. The summed E-state index contributed by atoms with van der Waals surface area (Å²) in [4.78, 5) is 4.42. The highest BCUT2D eigenvalue weighted by atomic mass is 19.2. The molecule has 0 amide bonds. The Kier molecular flexibility index (Phi) is 2.42. The van der Waals surface area contributed by atoms with Gasteiger partial charge in [0.2, 0.25) is 0 Å². The van der Waals surface area contributed by atoms with Crippen LogP contribution in [0.2, 0.25) is 0 Å². The molecule has 0 unspecified atom stereocenters. The van der Waals surface area contributed by atoms with Crippen molar-refractivity contribution in [3.05, 3.63) is 65.5 Å². The van der Waals surface area contributed by atoms with E-state index in [4.69, 9.17) is 0 Å². The molecule has 4 rings (SSSR count). The van der Waals surface area contributed by atoms with Crippen LogP contribution in [0.15, 0.2) is 48.5 Å². The van der Waals surface area contributed by atoms with E-state index in [0.717, 1.165) is 0 Å². The molecule has 1 nitrogen and oxygen atoms in total. The first-order chi connectivity index (χ1) is 10.1. The van der Waals surface area contributed by atoms with Gasteiger partial charge in [-0.25, -0.2) is 18.2 Å². The minimum atomic E-state index is -0.869. The van der Waals surface area contributed by atoms with Gasteiger partial charge in [0, 0.05) is 22.1 Å². The highest BCUT2D eigenvalue weighted by Crippen LogP contribution is 2.43. The van der Waals surface area contributed by atoms with Gasteiger partial charge in [0.25, 0.3) is 0 Å². The maximum Gasteiger partial charge on any atom is 0.167 e. The third kappa shape index (κ3) is 1.69. The van der Waals surface area contributed by atoms with Gasteiger partial charge in [-0.05, 0) is 36.4 Å². The third-order valence-corrected chi connectivity index (χ3v) is 3.64. The van der Waals surface area contributed by atoms with Crippen LogP contribution in [0.25, 0.3) is 33.8 Å². The van der Waals surface area contributed by atoms with Gasteiger partial charge in [-0.1, -0.05) is 12.1 Å². The minimum Gasteiger partial charge on any atom is -0.248 e. The summed E-state index contributed by atoms with van der Waals surface area (Å²) >= 11 is 0. The van der Waals surface area contributed by atoms with Crippen LogP contribution < -0.4 is 0 Å². The second kappa shape index (κ2) is 4.19. The smallest absolute Gasteiger partial charge is 0.167 e. The molecule has 3 aromatic rings. The van der Waals surface area contributed by atoms with Crippen molar-refractivity contribution in [1.82, 2.24) is 4.98 Å². The first kappa shape index (κ1) is 12.1. The van der Waals surface area contributed by atoms with Crippen molar-refractivity contribution >= 4 is 22.6 Å². The Bertz CT molecular complexity index is 911. The van der Waals surface area contributed by atoms with Crippen molar-refractivity contribution < 1.29 is 13.2 Å². The van der Waals surface area contributed by atoms with E-state index < -0.39 is 11.7 Å². The molecule has 0 bridgehead atoms. The normalized spacial score (nSPS) is 13.3. The van der Waals surface area contributed by atoms with E-state index >= 15 is 0 Å². The largest absolute Gasteiger partial charge is 0.248 e. The van der Waals surface area contributed by atoms with E-state index in [1.54, 1.807) is 24.3 Å². The first-order valence-corrected chi connectivity index (χ1v) is 6.41. The van der Waals surface area contributed by atoms with Gasteiger partial charge >= 0.3 is 0 Å². The monoisotopic (exact) mass is 283 g/mol. The molecule has 0 saturated heterocycles. The average Bonchev–Trinajstić information content (AvgIpc) is 2.75. The summed E-state index contributed by atoms with van der Waals surface area (Å²) < 4.78 is 40.9. The van der Waals surface area contributed by atoms with Crippen molar-refractivity contribution in [1.29, 1.82) is 0 Å². The number of aromatic nitrogens is 1. The number of halogens is 3. The van der Waals surface area contributed by atoms with Crippen molar-refractivity contribution in [2.24, 2.45) is 0 Å². The van der Waals surface area contributed by atoms with Crippen LogP contribution >= 0.6 is 0 Å². The predicted octanol–water partition coefficient (Wildman–Crippen LogP) is 5.12. The van der Waals surface area contributed by atoms with Crippen LogP contribution in [0, 0.1) is 5.82 Å². The van der Waals surface area contributed by atoms with E-state index in [-0.39, 0.29) is 16.9 Å². The Morgan fingerprint density at radius 2 is 1.48 bits per heavy atom. The Hall–Kier alpha value is -2.62. The molecular formula is C17H8F3N. The molecule has 0 spiro atoms. The van der Waals surface area contributed by atoms with Crippen LogP contribution in [0.5, 0.6) is 0 Å². The molecule has 0 aliphatic heterocycles. The molecule has 0 saturated carbocycles. The van der Waals surface area contributed by atoms with Crippen LogP contribution in [0.1, 0.15) is 11.1 Å². The maximum absolute atomic E-state index is 14.1. The molecule has 0 atom stereocenters. The Morgan fingerprint density at radius 3 is 2.24 bits per heavy atom. The Morgan fingerprint density at radius 1 is 0.762 bits per heavy atom. The lowest BCUT2D eigenvalue weighted by atomic mass is 10.0. The van der Waals surface area contributed by atoms with Crippen LogP contribution in [0.3, 0.4) is 0 Å². The first-order valence-electron chi connectivity index (χ1n) is 6.41. The van der Waals surface area contributed by atoms with Crippen LogP contribution in [-0.4, -0.2) is 4.98 Å². The second-order valence-corrected chi connectivity index (χ2v) is 4.89. The van der Waals surface area contributed by atoms with Crippen molar-refractivity contribution in [2.45, 2.75) is 0 Å². The molecule has 21 heavy (non-hydrogen) atoms. The van der Waals surface area contributed by atoms with Crippen molar-refractivity contribution in [3.63, 3.8) is 0 Å². The van der Waals surface area contributed by atoms with Gasteiger partial charge in [-0.15, -0.1) is 0 Å². The fourth-order valence-electron chi connectivity index (χ4n) is 2.65. The van der Waals surface area contributed by atoms with E-state index in [1.807, 2.05) is 0 Å². The van der Waals surface area contributed by atoms with E-state index in [0.29, 0.717) is 22.2 Å². The third-order valence-electron chi connectivity index (χ3n) is 3.64. The molecule has 2 aromatic carbocycles. The number of benzene rings is 2. The summed E-state index contributed by atoms with van der Waals surface area (Å²) in [6.07, 6.45) is 0. The summed E-state index contributed by atoms with van der Waals surface area (Å²) in [5.74, 6) is -2.08. The average molecular weight is 283 g/mol. The number of nitrogens with zero attached hydrogens (tertiary/aromatic N) is 1. The van der Waals surface area contributed by atoms with Crippen LogP contribution in [-0.2, 0) is 0 Å². The molecule has 0 N–H and O–H groups in total. The van der Waals surface area contributed by atoms with Crippen LogP contribution in [0.4, 0.5) is 13.2 Å². The molecule has 102 valence electrons. The highest BCUT2D eigenvalue weighted by molar-refractivity contribution is 6.09. The Labute approximate surface area is 118 Å². The molecule has 0 fully saturated rings. The van der Waals surface area contributed by atoms with Gasteiger partial charge in [0.1, 0.15) is 5.82 Å². The maximum atomic E-state index is 14.1. The topological polar surface area (TPSA) is 12.9 Å². The summed E-state index contributed by atoms with van der Waals surface area (Å²) in [6, 6.07) is 12.1. The van der Waals surface area contributed by atoms with Gasteiger partial charge in [0.05, 0.1) is 11.2 Å². The zero-order valence-electron chi connectivity index (χ0n) is 10.7. The number of rotatable bonds is 1. The summed E-state index contributed by atoms with van der Waals surface area (Å²) in [6.45, 7) is 0. The van der Waals surface area contributed by atoms with E-state index in [2.05, 4.69) is 4.98 Å². The number of pyridine rings is 1. The lowest BCUT2D eigenvalue weighted by molar-refractivity contribution is 0.628. The fourth-order valence-corrected chi connectivity index (χ4v) is 2.65.